The van der Waals surface area contributed by atoms with Crippen molar-refractivity contribution in [2.45, 2.75) is 6.92 Å². The van der Waals surface area contributed by atoms with Gasteiger partial charge in [-0.15, -0.1) is 0 Å². The number of nitro groups is 1. The number of sulfone groups is 1. The summed E-state index contributed by atoms with van der Waals surface area (Å²) in [6, 6.07) is 2.74. The number of hydrogen-bond acceptors (Lipinski definition) is 7. The van der Waals surface area contributed by atoms with Crippen molar-refractivity contribution in [3.63, 3.8) is 0 Å². The average molecular weight is 300 g/mol. The Bertz CT molecular complexity index is 603. The molecule has 0 aromatic carbocycles. The van der Waals surface area contributed by atoms with Gasteiger partial charge in [0.15, 0.2) is 9.84 Å². The Morgan fingerprint density at radius 3 is 2.60 bits per heavy atom. The minimum absolute atomic E-state index is 0.0495. The van der Waals surface area contributed by atoms with Crippen LogP contribution in [0.15, 0.2) is 12.1 Å². The van der Waals surface area contributed by atoms with Crippen LogP contribution >= 0.6 is 0 Å². The van der Waals surface area contributed by atoms with Gasteiger partial charge < -0.3 is 10.2 Å². The molecule has 2 rings (SSSR count). The van der Waals surface area contributed by atoms with E-state index in [0.29, 0.717) is 31.3 Å². The summed E-state index contributed by atoms with van der Waals surface area (Å²) in [5, 5.41) is 13.9. The van der Waals surface area contributed by atoms with Crippen LogP contribution in [-0.4, -0.2) is 49.5 Å². The second-order valence-corrected chi connectivity index (χ2v) is 6.80. The van der Waals surface area contributed by atoms with Gasteiger partial charge in [-0.3, -0.25) is 10.1 Å². The molecule has 1 saturated heterocycles. The largest absolute Gasteiger partial charge is 0.370 e. The molecule has 1 aliphatic heterocycles. The number of hydrogen-bond donors (Lipinski definition) is 1. The molecular formula is C11H16N4O4S. The topological polar surface area (TPSA) is 105 Å². The fraction of sp³-hybridized carbons (Fsp3) is 0.545. The molecule has 0 bridgehead atoms. The van der Waals surface area contributed by atoms with E-state index in [1.54, 1.807) is 4.90 Å². The molecule has 1 aromatic rings. The predicted molar refractivity (Wildman–Crippen MR) is 75.9 cm³/mol. The summed E-state index contributed by atoms with van der Waals surface area (Å²) < 4.78 is 22.8. The van der Waals surface area contributed by atoms with Crippen molar-refractivity contribution in [1.29, 1.82) is 0 Å². The van der Waals surface area contributed by atoms with Crippen LogP contribution in [0.1, 0.15) is 6.92 Å². The highest BCUT2D eigenvalue weighted by Crippen LogP contribution is 2.24. The van der Waals surface area contributed by atoms with Gasteiger partial charge in [0.05, 0.1) is 28.6 Å². The number of anilines is 2. The van der Waals surface area contributed by atoms with E-state index in [2.05, 4.69) is 10.3 Å². The maximum absolute atomic E-state index is 11.4. The van der Waals surface area contributed by atoms with Crippen LogP contribution < -0.4 is 10.2 Å². The molecule has 0 saturated carbocycles. The van der Waals surface area contributed by atoms with Crippen molar-refractivity contribution in [2.75, 3.05) is 41.4 Å². The standard InChI is InChI=1S/C11H16N4O4S/c1-2-12-10-7-9(15(16)17)8-11(13-10)14-3-5-20(18,19)6-4-14/h7-8H,2-6H2,1H3,(H,12,13). The molecule has 1 N–H and O–H groups in total. The molecule has 20 heavy (non-hydrogen) atoms. The number of rotatable bonds is 4. The molecule has 110 valence electrons. The molecule has 0 spiro atoms. The zero-order valence-corrected chi connectivity index (χ0v) is 11.9. The van der Waals surface area contributed by atoms with Crippen molar-refractivity contribution < 1.29 is 13.3 Å². The van der Waals surface area contributed by atoms with Gasteiger partial charge in [-0.05, 0) is 6.92 Å². The third-order valence-electron chi connectivity index (χ3n) is 3.03. The highest BCUT2D eigenvalue weighted by Gasteiger charge is 2.24. The molecule has 8 nitrogen and oxygen atoms in total. The van der Waals surface area contributed by atoms with Gasteiger partial charge in [-0.1, -0.05) is 0 Å². The first-order chi connectivity index (χ1) is 9.41. The summed E-state index contributed by atoms with van der Waals surface area (Å²) in [5.74, 6) is 0.956. The Morgan fingerprint density at radius 2 is 2.05 bits per heavy atom. The van der Waals surface area contributed by atoms with Gasteiger partial charge in [0, 0.05) is 19.6 Å². The van der Waals surface area contributed by atoms with E-state index >= 15 is 0 Å². The third kappa shape index (κ3) is 3.35. The summed E-state index contributed by atoms with van der Waals surface area (Å²) in [6.07, 6.45) is 0. The number of nitrogens with zero attached hydrogens (tertiary/aromatic N) is 3. The first-order valence-electron chi connectivity index (χ1n) is 6.27. The van der Waals surface area contributed by atoms with E-state index in [-0.39, 0.29) is 17.2 Å². The minimum atomic E-state index is -2.99. The zero-order valence-electron chi connectivity index (χ0n) is 11.1. The van der Waals surface area contributed by atoms with Gasteiger partial charge in [0.1, 0.15) is 11.6 Å². The minimum Gasteiger partial charge on any atom is -0.370 e. The molecule has 0 aliphatic carbocycles. The van der Waals surface area contributed by atoms with Crippen LogP contribution in [0.5, 0.6) is 0 Å². The lowest BCUT2D eigenvalue weighted by molar-refractivity contribution is -0.384. The van der Waals surface area contributed by atoms with Crippen LogP contribution in [0.4, 0.5) is 17.3 Å². The average Bonchev–Trinajstić information content (AvgIpc) is 2.38. The van der Waals surface area contributed by atoms with E-state index in [9.17, 15) is 18.5 Å². The SMILES string of the molecule is CCNc1cc([N+](=O)[O-])cc(N2CCS(=O)(=O)CC2)n1. The molecular weight excluding hydrogens is 284 g/mol. The fourth-order valence-electron chi connectivity index (χ4n) is 1.98. The van der Waals surface area contributed by atoms with E-state index in [1.807, 2.05) is 6.92 Å². The Labute approximate surface area is 116 Å². The second kappa shape index (κ2) is 5.61. The molecule has 9 heteroatoms. The smallest absolute Gasteiger partial charge is 0.276 e. The second-order valence-electron chi connectivity index (χ2n) is 4.50. The Morgan fingerprint density at radius 1 is 1.40 bits per heavy atom. The Kier molecular flexibility index (Phi) is 4.07. The number of nitrogens with one attached hydrogen (secondary N) is 1. The van der Waals surface area contributed by atoms with Gasteiger partial charge in [-0.2, -0.15) is 0 Å². The van der Waals surface area contributed by atoms with Crippen molar-refractivity contribution in [2.24, 2.45) is 0 Å². The molecule has 1 aliphatic rings. The lowest BCUT2D eigenvalue weighted by Gasteiger charge is -2.27. The first-order valence-corrected chi connectivity index (χ1v) is 8.09. The van der Waals surface area contributed by atoms with Gasteiger partial charge >= 0.3 is 0 Å². The van der Waals surface area contributed by atoms with Crippen LogP contribution in [0.3, 0.4) is 0 Å². The van der Waals surface area contributed by atoms with Crippen LogP contribution in [0.25, 0.3) is 0 Å². The summed E-state index contributed by atoms with van der Waals surface area (Å²) in [7, 11) is -2.99. The third-order valence-corrected chi connectivity index (χ3v) is 4.64. The Balaban J connectivity index is 2.28. The van der Waals surface area contributed by atoms with Crippen molar-refractivity contribution in [1.82, 2.24) is 4.98 Å². The van der Waals surface area contributed by atoms with Gasteiger partial charge in [0.2, 0.25) is 0 Å². The van der Waals surface area contributed by atoms with Crippen molar-refractivity contribution >= 4 is 27.2 Å². The van der Waals surface area contributed by atoms with Gasteiger partial charge in [0.25, 0.3) is 5.69 Å². The van der Waals surface area contributed by atoms with E-state index < -0.39 is 14.8 Å². The molecule has 2 heterocycles. The van der Waals surface area contributed by atoms with Crippen molar-refractivity contribution in [3.8, 4) is 0 Å². The van der Waals surface area contributed by atoms with Crippen LogP contribution in [0, 0.1) is 10.1 Å². The lowest BCUT2D eigenvalue weighted by atomic mass is 10.3. The summed E-state index contributed by atoms with van der Waals surface area (Å²) in [6.45, 7) is 3.08. The highest BCUT2D eigenvalue weighted by molar-refractivity contribution is 7.91. The fourth-order valence-corrected chi connectivity index (χ4v) is 3.18. The van der Waals surface area contributed by atoms with Gasteiger partial charge in [-0.25, -0.2) is 13.4 Å². The molecule has 0 atom stereocenters. The van der Waals surface area contributed by atoms with Crippen molar-refractivity contribution in [3.05, 3.63) is 22.2 Å². The molecule has 0 amide bonds. The molecule has 0 radical (unpaired) electrons. The lowest BCUT2D eigenvalue weighted by Crippen LogP contribution is -2.40. The van der Waals surface area contributed by atoms with Crippen LogP contribution in [-0.2, 0) is 9.84 Å². The molecule has 1 aromatic heterocycles. The molecule has 0 unspecified atom stereocenters. The summed E-state index contributed by atoms with van der Waals surface area (Å²) in [4.78, 5) is 16.5. The summed E-state index contributed by atoms with van der Waals surface area (Å²) >= 11 is 0. The number of pyridine rings is 1. The zero-order chi connectivity index (χ0) is 14.8. The predicted octanol–water partition coefficient (Wildman–Crippen LogP) is 0.656. The van der Waals surface area contributed by atoms with Crippen LogP contribution in [0.2, 0.25) is 0 Å². The first kappa shape index (κ1) is 14.5. The quantitative estimate of drug-likeness (QED) is 0.643. The monoisotopic (exact) mass is 300 g/mol. The van der Waals surface area contributed by atoms with E-state index in [4.69, 9.17) is 0 Å². The maximum atomic E-state index is 11.4. The summed E-state index contributed by atoms with van der Waals surface area (Å²) in [5.41, 5.74) is -0.0561. The highest BCUT2D eigenvalue weighted by atomic mass is 32.2. The van der Waals surface area contributed by atoms with E-state index in [0.717, 1.165) is 0 Å². The molecule has 1 fully saturated rings. The normalized spacial score (nSPS) is 17.8. The van der Waals surface area contributed by atoms with E-state index in [1.165, 1.54) is 12.1 Å². The number of aromatic nitrogens is 1. The maximum Gasteiger partial charge on any atom is 0.276 e. The Hall–Kier alpha value is -1.90.